The third-order valence-electron chi connectivity index (χ3n) is 3.73. The molecular formula is C16H14F2O4. The van der Waals surface area contributed by atoms with Crippen LogP contribution in [0.4, 0.5) is 8.78 Å². The lowest BCUT2D eigenvalue weighted by Gasteiger charge is -2.35. The molecule has 0 spiro atoms. The van der Waals surface area contributed by atoms with E-state index in [9.17, 15) is 13.9 Å². The quantitative estimate of drug-likeness (QED) is 0.945. The fourth-order valence-electron chi connectivity index (χ4n) is 2.56. The first kappa shape index (κ1) is 14.6. The molecule has 0 atom stereocenters. The van der Waals surface area contributed by atoms with Crippen LogP contribution in [0.25, 0.3) is 0 Å². The van der Waals surface area contributed by atoms with E-state index in [1.807, 2.05) is 0 Å². The maximum absolute atomic E-state index is 13.7. The Hall–Kier alpha value is -2.34. The molecule has 0 radical (unpaired) electrons. The molecule has 2 aromatic carbocycles. The average Bonchev–Trinajstić information content (AvgIpc) is 2.53. The molecule has 1 N–H and O–H groups in total. The molecule has 0 bridgehead atoms. The van der Waals surface area contributed by atoms with Crippen LogP contribution in [0.5, 0.6) is 23.0 Å². The highest BCUT2D eigenvalue weighted by Crippen LogP contribution is 2.51. The molecule has 0 unspecified atom stereocenters. The number of ether oxygens (including phenoxy) is 3. The van der Waals surface area contributed by atoms with Gasteiger partial charge >= 0.3 is 0 Å². The van der Waals surface area contributed by atoms with E-state index in [1.165, 1.54) is 50.6 Å². The Kier molecular flexibility index (Phi) is 3.41. The molecule has 3 rings (SSSR count). The lowest BCUT2D eigenvalue weighted by atomic mass is 9.83. The largest absolute Gasteiger partial charge is 0.497 e. The molecule has 6 heteroatoms. The summed E-state index contributed by atoms with van der Waals surface area (Å²) in [6.07, 6.45) is -3.02. The number of fused-ring (bicyclic) bond motifs is 2. The SMILES string of the molecule is COc1ccc2c(c1)Oc1cc(OC)ccc1C2(O)C(F)F. The van der Waals surface area contributed by atoms with Gasteiger partial charge in [0.1, 0.15) is 23.0 Å². The van der Waals surface area contributed by atoms with Gasteiger partial charge < -0.3 is 19.3 Å². The predicted molar refractivity (Wildman–Crippen MR) is 75.1 cm³/mol. The summed E-state index contributed by atoms with van der Waals surface area (Å²) >= 11 is 0. The van der Waals surface area contributed by atoms with Crippen LogP contribution >= 0.6 is 0 Å². The van der Waals surface area contributed by atoms with Gasteiger partial charge in [0.05, 0.1) is 14.2 Å². The van der Waals surface area contributed by atoms with E-state index < -0.39 is 12.0 Å². The van der Waals surface area contributed by atoms with Crippen molar-refractivity contribution in [2.45, 2.75) is 12.0 Å². The molecular weight excluding hydrogens is 294 g/mol. The first-order valence-corrected chi connectivity index (χ1v) is 6.56. The third kappa shape index (κ3) is 1.99. The number of rotatable bonds is 3. The summed E-state index contributed by atoms with van der Waals surface area (Å²) < 4.78 is 43.1. The summed E-state index contributed by atoms with van der Waals surface area (Å²) in [4.78, 5) is 0. The van der Waals surface area contributed by atoms with E-state index in [-0.39, 0.29) is 22.6 Å². The van der Waals surface area contributed by atoms with Crippen LogP contribution in [0.2, 0.25) is 0 Å². The molecule has 22 heavy (non-hydrogen) atoms. The van der Waals surface area contributed by atoms with Gasteiger partial charge in [0, 0.05) is 23.3 Å². The van der Waals surface area contributed by atoms with Crippen molar-refractivity contribution in [2.24, 2.45) is 0 Å². The van der Waals surface area contributed by atoms with Crippen LogP contribution in [0.3, 0.4) is 0 Å². The predicted octanol–water partition coefficient (Wildman–Crippen LogP) is 3.31. The van der Waals surface area contributed by atoms with E-state index in [2.05, 4.69) is 0 Å². The summed E-state index contributed by atoms with van der Waals surface area (Å²) in [5.74, 6) is 1.15. The van der Waals surface area contributed by atoms with Crippen molar-refractivity contribution in [2.75, 3.05) is 14.2 Å². The standard InChI is InChI=1S/C16H14F2O4/c1-20-9-3-5-11-13(7-9)22-14-8-10(21-2)4-6-12(14)16(11,19)15(17)18/h3-8,15,19H,1-2H3. The van der Waals surface area contributed by atoms with E-state index in [0.29, 0.717) is 11.5 Å². The van der Waals surface area contributed by atoms with Gasteiger partial charge in [0.15, 0.2) is 5.60 Å². The maximum atomic E-state index is 13.7. The van der Waals surface area contributed by atoms with Gasteiger partial charge in [-0.15, -0.1) is 0 Å². The van der Waals surface area contributed by atoms with Gasteiger partial charge in [-0.05, 0) is 24.3 Å². The zero-order valence-corrected chi connectivity index (χ0v) is 12.0. The highest BCUT2D eigenvalue weighted by atomic mass is 19.3. The molecule has 0 fully saturated rings. The summed E-state index contributed by atoms with van der Waals surface area (Å²) in [6.45, 7) is 0. The summed E-state index contributed by atoms with van der Waals surface area (Å²) in [7, 11) is 2.92. The second-order valence-corrected chi connectivity index (χ2v) is 4.89. The van der Waals surface area contributed by atoms with Gasteiger partial charge in [-0.25, -0.2) is 8.78 Å². The Morgan fingerprint density at radius 2 is 1.41 bits per heavy atom. The number of benzene rings is 2. The van der Waals surface area contributed by atoms with Crippen molar-refractivity contribution in [1.29, 1.82) is 0 Å². The highest BCUT2D eigenvalue weighted by molar-refractivity contribution is 5.59. The first-order chi connectivity index (χ1) is 10.5. The Morgan fingerprint density at radius 1 is 0.955 bits per heavy atom. The minimum atomic E-state index is -3.02. The van der Waals surface area contributed by atoms with Crippen molar-refractivity contribution in [1.82, 2.24) is 0 Å². The van der Waals surface area contributed by atoms with Crippen LogP contribution in [0, 0.1) is 0 Å². The van der Waals surface area contributed by atoms with Gasteiger partial charge in [0.25, 0.3) is 6.43 Å². The lowest BCUT2D eigenvalue weighted by Crippen LogP contribution is -2.38. The molecule has 116 valence electrons. The fourth-order valence-corrected chi connectivity index (χ4v) is 2.56. The molecule has 1 aliphatic rings. The average molecular weight is 308 g/mol. The Bertz CT molecular complexity index is 662. The van der Waals surface area contributed by atoms with Crippen molar-refractivity contribution in [3.8, 4) is 23.0 Å². The minimum Gasteiger partial charge on any atom is -0.497 e. The van der Waals surface area contributed by atoms with Crippen LogP contribution in [0.1, 0.15) is 11.1 Å². The number of alkyl halides is 2. The van der Waals surface area contributed by atoms with Gasteiger partial charge in [-0.3, -0.25) is 0 Å². The number of halogens is 2. The lowest BCUT2D eigenvalue weighted by molar-refractivity contribution is -0.0767. The van der Waals surface area contributed by atoms with Crippen molar-refractivity contribution >= 4 is 0 Å². The highest BCUT2D eigenvalue weighted by Gasteiger charge is 2.48. The molecule has 0 aliphatic carbocycles. The number of hydrogen-bond donors (Lipinski definition) is 1. The molecule has 0 saturated heterocycles. The molecule has 4 nitrogen and oxygen atoms in total. The molecule has 1 aliphatic heterocycles. The Balaban J connectivity index is 2.24. The second-order valence-electron chi connectivity index (χ2n) is 4.89. The minimum absolute atomic E-state index is 0.000895. The van der Waals surface area contributed by atoms with E-state index in [4.69, 9.17) is 14.2 Å². The zero-order chi connectivity index (χ0) is 15.9. The molecule has 0 aromatic heterocycles. The van der Waals surface area contributed by atoms with Crippen LogP contribution in [0.15, 0.2) is 36.4 Å². The Morgan fingerprint density at radius 3 is 1.77 bits per heavy atom. The maximum Gasteiger partial charge on any atom is 0.275 e. The second kappa shape index (κ2) is 5.14. The zero-order valence-electron chi connectivity index (χ0n) is 12.0. The molecule has 0 saturated carbocycles. The number of methoxy groups -OCH3 is 2. The number of aliphatic hydroxyl groups is 1. The fraction of sp³-hybridized carbons (Fsp3) is 0.250. The third-order valence-corrected chi connectivity index (χ3v) is 3.73. The van der Waals surface area contributed by atoms with E-state index in [1.54, 1.807) is 0 Å². The van der Waals surface area contributed by atoms with Crippen molar-refractivity contribution in [3.05, 3.63) is 47.5 Å². The summed E-state index contributed by atoms with van der Waals surface area (Å²) in [5.41, 5.74) is -2.44. The van der Waals surface area contributed by atoms with Gasteiger partial charge in [0.2, 0.25) is 0 Å². The smallest absolute Gasteiger partial charge is 0.275 e. The molecule has 0 amide bonds. The van der Waals surface area contributed by atoms with E-state index in [0.717, 1.165) is 0 Å². The molecule has 2 aromatic rings. The topological polar surface area (TPSA) is 47.9 Å². The van der Waals surface area contributed by atoms with Crippen LogP contribution in [-0.2, 0) is 5.60 Å². The van der Waals surface area contributed by atoms with Crippen LogP contribution in [-0.4, -0.2) is 25.8 Å². The monoisotopic (exact) mass is 308 g/mol. The van der Waals surface area contributed by atoms with Crippen molar-refractivity contribution < 1.29 is 28.1 Å². The molecule has 1 heterocycles. The van der Waals surface area contributed by atoms with E-state index >= 15 is 0 Å². The van der Waals surface area contributed by atoms with Gasteiger partial charge in [-0.2, -0.15) is 0 Å². The van der Waals surface area contributed by atoms with Crippen molar-refractivity contribution in [3.63, 3.8) is 0 Å². The summed E-state index contributed by atoms with van der Waals surface area (Å²) in [6, 6.07) is 8.70. The summed E-state index contributed by atoms with van der Waals surface area (Å²) in [5, 5.41) is 10.7. The van der Waals surface area contributed by atoms with Crippen LogP contribution < -0.4 is 14.2 Å². The number of hydrogen-bond acceptors (Lipinski definition) is 4. The normalized spacial score (nSPS) is 14.8. The van der Waals surface area contributed by atoms with Gasteiger partial charge in [-0.1, -0.05) is 0 Å². The first-order valence-electron chi connectivity index (χ1n) is 6.56. The Labute approximate surface area is 125 Å².